The van der Waals surface area contributed by atoms with Gasteiger partial charge in [-0.2, -0.15) is 9.97 Å². The van der Waals surface area contributed by atoms with E-state index in [0.717, 1.165) is 5.56 Å². The van der Waals surface area contributed by atoms with Gasteiger partial charge in [0.2, 0.25) is 5.95 Å². The quantitative estimate of drug-likeness (QED) is 0.349. The van der Waals surface area contributed by atoms with Gasteiger partial charge in [-0.25, -0.2) is 9.59 Å². The van der Waals surface area contributed by atoms with E-state index in [1.807, 2.05) is 17.0 Å². The largest absolute Gasteiger partial charge is 0.454 e. The monoisotopic (exact) mass is 519 g/mol. The summed E-state index contributed by atoms with van der Waals surface area (Å²) < 4.78 is 15.4. The fraction of sp³-hybridized carbons (Fsp3) is 0.231. The Hall–Kier alpha value is -4.84. The normalized spacial score (nSPS) is 12.8. The second kappa shape index (κ2) is 12.9. The van der Waals surface area contributed by atoms with Crippen molar-refractivity contribution in [2.45, 2.75) is 13.2 Å². The SMILES string of the molecule is O=C(Nc1cc(N2CCOCC2)nc(NC(=O)C(=O)OCc2ccccc2)n1)C(=O)OCc1ccccc1. The van der Waals surface area contributed by atoms with E-state index in [4.69, 9.17) is 14.2 Å². The Morgan fingerprint density at radius 2 is 1.29 bits per heavy atom. The summed E-state index contributed by atoms with van der Waals surface area (Å²) in [5.74, 6) is -4.39. The van der Waals surface area contributed by atoms with Crippen molar-refractivity contribution in [3.8, 4) is 0 Å². The van der Waals surface area contributed by atoms with Gasteiger partial charge in [0.1, 0.15) is 24.8 Å². The van der Waals surface area contributed by atoms with Crippen molar-refractivity contribution in [3.63, 3.8) is 0 Å². The summed E-state index contributed by atoms with van der Waals surface area (Å²) in [5.41, 5.74) is 1.43. The van der Waals surface area contributed by atoms with Crippen LogP contribution in [0.3, 0.4) is 0 Å². The Bertz CT molecular complexity index is 1190. The first-order valence-corrected chi connectivity index (χ1v) is 11.7. The minimum atomic E-state index is -1.13. The van der Waals surface area contributed by atoms with Crippen molar-refractivity contribution < 1.29 is 33.4 Å². The number of rotatable bonds is 7. The third-order valence-electron chi connectivity index (χ3n) is 5.31. The van der Waals surface area contributed by atoms with E-state index in [2.05, 4.69) is 20.6 Å². The van der Waals surface area contributed by atoms with E-state index in [1.165, 1.54) is 6.07 Å². The third-order valence-corrected chi connectivity index (χ3v) is 5.31. The number of carbonyl (C=O) groups is 4. The van der Waals surface area contributed by atoms with Crippen molar-refractivity contribution in [1.82, 2.24) is 9.97 Å². The van der Waals surface area contributed by atoms with Crippen molar-refractivity contribution in [3.05, 3.63) is 77.9 Å². The maximum absolute atomic E-state index is 12.4. The molecule has 1 aliphatic heterocycles. The average Bonchev–Trinajstić information content (AvgIpc) is 2.96. The molecule has 2 amide bonds. The number of benzene rings is 2. The van der Waals surface area contributed by atoms with Gasteiger partial charge in [-0.05, 0) is 11.1 Å². The van der Waals surface area contributed by atoms with Gasteiger partial charge < -0.3 is 24.4 Å². The highest BCUT2D eigenvalue weighted by Gasteiger charge is 2.22. The molecule has 1 fully saturated rings. The van der Waals surface area contributed by atoms with Gasteiger partial charge in [-0.15, -0.1) is 0 Å². The fourth-order valence-electron chi connectivity index (χ4n) is 3.41. The second-order valence-electron chi connectivity index (χ2n) is 8.07. The third kappa shape index (κ3) is 7.58. The zero-order valence-electron chi connectivity index (χ0n) is 20.3. The van der Waals surface area contributed by atoms with Crippen LogP contribution in [0.1, 0.15) is 11.1 Å². The molecule has 0 radical (unpaired) electrons. The lowest BCUT2D eigenvalue weighted by Gasteiger charge is -2.28. The van der Waals surface area contributed by atoms with E-state index in [-0.39, 0.29) is 25.0 Å². The lowest BCUT2D eigenvalue weighted by Crippen LogP contribution is -2.37. The number of hydrogen-bond donors (Lipinski definition) is 2. The van der Waals surface area contributed by atoms with Gasteiger partial charge in [0.05, 0.1) is 13.2 Å². The highest BCUT2D eigenvalue weighted by atomic mass is 16.5. The zero-order chi connectivity index (χ0) is 26.7. The predicted octanol–water partition coefficient (Wildman–Crippen LogP) is 1.68. The molecule has 0 unspecified atom stereocenters. The zero-order valence-corrected chi connectivity index (χ0v) is 20.3. The average molecular weight is 520 g/mol. The van der Waals surface area contributed by atoms with E-state index >= 15 is 0 Å². The molecule has 2 aromatic carbocycles. The summed E-state index contributed by atoms with van der Waals surface area (Å²) in [5, 5.41) is 4.64. The van der Waals surface area contributed by atoms with Crippen LogP contribution in [0.25, 0.3) is 0 Å². The Morgan fingerprint density at radius 3 is 1.84 bits per heavy atom. The summed E-state index contributed by atoms with van der Waals surface area (Å²) in [4.78, 5) is 59.5. The van der Waals surface area contributed by atoms with Gasteiger partial charge in [-0.3, -0.25) is 14.9 Å². The maximum Gasteiger partial charge on any atom is 0.397 e. The summed E-state index contributed by atoms with van der Waals surface area (Å²) in [7, 11) is 0. The number of ether oxygens (including phenoxy) is 3. The van der Waals surface area contributed by atoms with Crippen LogP contribution in [0.15, 0.2) is 66.7 Å². The number of aromatic nitrogens is 2. The first-order chi connectivity index (χ1) is 18.5. The highest BCUT2D eigenvalue weighted by Crippen LogP contribution is 2.20. The number of nitrogens with zero attached hydrogens (tertiary/aromatic N) is 3. The standard InChI is InChI=1S/C26H25N5O7/c32-22(24(34)37-16-18-7-3-1-4-8-18)27-20-15-21(31-11-13-36-14-12-31)29-26(28-20)30-23(33)25(35)38-17-19-9-5-2-6-10-19/h1-10,15H,11-14,16-17H2,(H2,27,28,29,30,32,33). The molecule has 2 N–H and O–H groups in total. The van der Waals surface area contributed by atoms with Crippen molar-refractivity contribution in [2.24, 2.45) is 0 Å². The number of amides is 2. The number of nitrogens with one attached hydrogen (secondary N) is 2. The lowest BCUT2D eigenvalue weighted by atomic mass is 10.2. The molecular weight excluding hydrogens is 494 g/mol. The molecular formula is C26H25N5O7. The molecule has 1 saturated heterocycles. The van der Waals surface area contributed by atoms with Crippen molar-refractivity contribution in [2.75, 3.05) is 41.8 Å². The molecule has 2 heterocycles. The molecule has 1 aromatic heterocycles. The van der Waals surface area contributed by atoms with Crippen molar-refractivity contribution >= 4 is 41.3 Å². The molecule has 0 atom stereocenters. The minimum absolute atomic E-state index is 0.0731. The first kappa shape index (κ1) is 26.2. The van der Waals surface area contributed by atoms with E-state index < -0.39 is 23.8 Å². The molecule has 3 aromatic rings. The second-order valence-corrected chi connectivity index (χ2v) is 8.07. The van der Waals surface area contributed by atoms with Crippen LogP contribution in [0.2, 0.25) is 0 Å². The number of hydrogen-bond acceptors (Lipinski definition) is 10. The van der Waals surface area contributed by atoms with Crippen LogP contribution in [-0.2, 0) is 46.6 Å². The number of morpholine rings is 1. The molecule has 196 valence electrons. The summed E-state index contributed by atoms with van der Waals surface area (Å²) in [6.45, 7) is 1.72. The van der Waals surface area contributed by atoms with Crippen LogP contribution in [-0.4, -0.2) is 60.0 Å². The van der Waals surface area contributed by atoms with Gasteiger partial charge in [0.25, 0.3) is 0 Å². The molecule has 12 heteroatoms. The van der Waals surface area contributed by atoms with E-state index in [1.54, 1.807) is 48.5 Å². The van der Waals surface area contributed by atoms with Gasteiger partial charge in [0, 0.05) is 19.2 Å². The highest BCUT2D eigenvalue weighted by molar-refractivity contribution is 6.37. The Kier molecular flexibility index (Phi) is 8.92. The maximum atomic E-state index is 12.4. The Morgan fingerprint density at radius 1 is 0.763 bits per heavy atom. The van der Waals surface area contributed by atoms with Crippen LogP contribution >= 0.6 is 0 Å². The van der Waals surface area contributed by atoms with E-state index in [9.17, 15) is 19.2 Å². The van der Waals surface area contributed by atoms with Crippen LogP contribution < -0.4 is 15.5 Å². The molecule has 12 nitrogen and oxygen atoms in total. The van der Waals surface area contributed by atoms with E-state index in [0.29, 0.717) is 37.7 Å². The summed E-state index contributed by atoms with van der Waals surface area (Å²) >= 11 is 0. The number of anilines is 3. The molecule has 0 aliphatic carbocycles. The smallest absolute Gasteiger partial charge is 0.397 e. The topological polar surface area (TPSA) is 149 Å². The first-order valence-electron chi connectivity index (χ1n) is 11.7. The van der Waals surface area contributed by atoms with Crippen LogP contribution in [0.5, 0.6) is 0 Å². The molecule has 38 heavy (non-hydrogen) atoms. The van der Waals surface area contributed by atoms with Crippen LogP contribution in [0.4, 0.5) is 17.6 Å². The molecule has 4 rings (SSSR count). The predicted molar refractivity (Wildman–Crippen MR) is 135 cm³/mol. The van der Waals surface area contributed by atoms with Gasteiger partial charge >= 0.3 is 23.8 Å². The lowest BCUT2D eigenvalue weighted by molar-refractivity contribution is -0.153. The van der Waals surface area contributed by atoms with Crippen LogP contribution in [0, 0.1) is 0 Å². The number of esters is 2. The molecule has 0 spiro atoms. The van der Waals surface area contributed by atoms with Crippen molar-refractivity contribution in [1.29, 1.82) is 0 Å². The number of carbonyl (C=O) groups excluding carboxylic acids is 4. The Balaban J connectivity index is 1.43. The van der Waals surface area contributed by atoms with Gasteiger partial charge in [0.15, 0.2) is 0 Å². The molecule has 1 aliphatic rings. The summed E-state index contributed by atoms with van der Waals surface area (Å²) in [6, 6.07) is 19.2. The Labute approximate surface area is 217 Å². The van der Waals surface area contributed by atoms with Gasteiger partial charge in [-0.1, -0.05) is 60.7 Å². The minimum Gasteiger partial charge on any atom is -0.454 e. The fourth-order valence-corrected chi connectivity index (χ4v) is 3.41. The molecule has 0 bridgehead atoms. The summed E-state index contributed by atoms with van der Waals surface area (Å²) in [6.07, 6.45) is 0. The molecule has 0 saturated carbocycles.